The van der Waals surface area contributed by atoms with E-state index in [2.05, 4.69) is 156 Å². The van der Waals surface area contributed by atoms with E-state index >= 15 is 0 Å². The van der Waals surface area contributed by atoms with Gasteiger partial charge < -0.3 is 9.47 Å². The van der Waals surface area contributed by atoms with E-state index in [0.29, 0.717) is 0 Å². The van der Waals surface area contributed by atoms with Gasteiger partial charge in [-0.2, -0.15) is 0 Å². The molecular formula is C36H28N2. The van der Waals surface area contributed by atoms with Gasteiger partial charge in [0.05, 0.1) is 11.0 Å². The summed E-state index contributed by atoms with van der Waals surface area (Å²) in [5.74, 6) is 0. The van der Waals surface area contributed by atoms with E-state index < -0.39 is 0 Å². The Morgan fingerprint density at radius 3 is 1.82 bits per heavy atom. The molecule has 6 rings (SSSR count). The second kappa shape index (κ2) is 10.1. The number of aromatic nitrogens is 1. The number of allylic oxidation sites excluding steroid dienone is 2. The largest absolute Gasteiger partial charge is 0.317 e. The molecule has 5 aromatic carbocycles. The number of benzene rings is 5. The van der Waals surface area contributed by atoms with Gasteiger partial charge in [0.25, 0.3) is 0 Å². The molecule has 0 bridgehead atoms. The molecule has 182 valence electrons. The highest BCUT2D eigenvalue weighted by molar-refractivity contribution is 6.09. The minimum Gasteiger partial charge on any atom is -0.317 e. The third-order valence-corrected chi connectivity index (χ3v) is 7.01. The third kappa shape index (κ3) is 4.24. The van der Waals surface area contributed by atoms with Gasteiger partial charge in [-0.3, -0.25) is 0 Å². The average Bonchev–Trinajstić information content (AvgIpc) is 3.31. The maximum Gasteiger partial charge on any atom is 0.0541 e. The van der Waals surface area contributed by atoms with Crippen LogP contribution in [0.4, 0.5) is 11.4 Å². The van der Waals surface area contributed by atoms with E-state index in [4.69, 9.17) is 0 Å². The molecule has 1 aromatic heterocycles. The van der Waals surface area contributed by atoms with Gasteiger partial charge in [0, 0.05) is 34.0 Å². The molecule has 0 fully saturated rings. The number of fused-ring (bicyclic) bond motifs is 3. The van der Waals surface area contributed by atoms with Crippen molar-refractivity contribution in [3.63, 3.8) is 0 Å². The molecule has 38 heavy (non-hydrogen) atoms. The molecule has 2 heteroatoms. The molecule has 0 radical (unpaired) electrons. The van der Waals surface area contributed by atoms with Crippen molar-refractivity contribution in [3.05, 3.63) is 158 Å². The minimum absolute atomic E-state index is 1.10. The Hall–Kier alpha value is -5.04. The second-order valence-corrected chi connectivity index (χ2v) is 9.33. The lowest BCUT2D eigenvalue weighted by Gasteiger charge is -2.23. The predicted molar refractivity (Wildman–Crippen MR) is 162 cm³/mol. The van der Waals surface area contributed by atoms with E-state index in [1.54, 1.807) is 0 Å². The number of aryl methyl sites for hydroxylation is 1. The highest BCUT2D eigenvalue weighted by atomic mass is 15.1. The van der Waals surface area contributed by atoms with Gasteiger partial charge in [-0.05, 0) is 78.2 Å². The standard InChI is InChI=1S/C36H28N2/c1-3-4-11-26-37(34-15-8-5-12-27(34)2)30-22-18-28(19-23-30)29-20-24-31(25-21-29)38-35-16-9-6-13-32(35)33-14-7-10-17-36(33)38/h4-26H,1H2,2H3/b26-11-. The first-order chi connectivity index (χ1) is 18.7. The summed E-state index contributed by atoms with van der Waals surface area (Å²) in [7, 11) is 0. The van der Waals surface area contributed by atoms with Gasteiger partial charge in [0.2, 0.25) is 0 Å². The summed E-state index contributed by atoms with van der Waals surface area (Å²) >= 11 is 0. The molecule has 0 aliphatic carbocycles. The van der Waals surface area contributed by atoms with Gasteiger partial charge >= 0.3 is 0 Å². The highest BCUT2D eigenvalue weighted by Gasteiger charge is 2.12. The zero-order chi connectivity index (χ0) is 25.9. The van der Waals surface area contributed by atoms with Crippen LogP contribution in [0.3, 0.4) is 0 Å². The average molecular weight is 489 g/mol. The number of para-hydroxylation sites is 3. The molecule has 0 saturated carbocycles. The summed E-state index contributed by atoms with van der Waals surface area (Å²) in [5, 5.41) is 2.55. The lowest BCUT2D eigenvalue weighted by atomic mass is 10.0. The van der Waals surface area contributed by atoms with Gasteiger partial charge in [-0.15, -0.1) is 5.73 Å². The molecule has 1 heterocycles. The first-order valence-electron chi connectivity index (χ1n) is 12.8. The Morgan fingerprint density at radius 1 is 0.658 bits per heavy atom. The molecule has 0 aliphatic rings. The first-order valence-corrected chi connectivity index (χ1v) is 12.8. The quantitative estimate of drug-likeness (QED) is 0.167. The maximum atomic E-state index is 3.67. The lowest BCUT2D eigenvalue weighted by molar-refractivity contribution is 1.18. The zero-order valence-corrected chi connectivity index (χ0v) is 21.4. The highest BCUT2D eigenvalue weighted by Crippen LogP contribution is 2.34. The van der Waals surface area contributed by atoms with E-state index in [0.717, 1.165) is 17.1 Å². The lowest BCUT2D eigenvalue weighted by Crippen LogP contribution is -2.09. The summed E-state index contributed by atoms with van der Waals surface area (Å²) in [4.78, 5) is 2.19. The van der Waals surface area contributed by atoms with Crippen LogP contribution in [0.15, 0.2) is 152 Å². The van der Waals surface area contributed by atoms with Crippen molar-refractivity contribution in [2.24, 2.45) is 0 Å². The van der Waals surface area contributed by atoms with Gasteiger partial charge in [0.1, 0.15) is 0 Å². The van der Waals surface area contributed by atoms with Crippen LogP contribution in [0.2, 0.25) is 0 Å². The normalized spacial score (nSPS) is 11.2. The van der Waals surface area contributed by atoms with E-state index in [-0.39, 0.29) is 0 Å². The fourth-order valence-electron chi connectivity index (χ4n) is 5.15. The number of hydrogen-bond donors (Lipinski definition) is 0. The van der Waals surface area contributed by atoms with Crippen LogP contribution in [-0.2, 0) is 0 Å². The summed E-state index contributed by atoms with van der Waals surface area (Å²) in [5.41, 5.74) is 12.2. The van der Waals surface area contributed by atoms with Crippen LogP contribution in [0.5, 0.6) is 0 Å². The molecule has 0 aliphatic heterocycles. The van der Waals surface area contributed by atoms with Crippen LogP contribution < -0.4 is 4.90 Å². The number of anilines is 2. The first kappa shape index (κ1) is 23.4. The van der Waals surface area contributed by atoms with E-state index in [9.17, 15) is 0 Å². The molecule has 0 unspecified atom stereocenters. The van der Waals surface area contributed by atoms with Gasteiger partial charge in [-0.1, -0.05) is 85.4 Å². The summed E-state index contributed by atoms with van der Waals surface area (Å²) in [6.07, 6.45) is 5.83. The maximum absolute atomic E-state index is 3.67. The Kier molecular flexibility index (Phi) is 6.24. The Bertz CT molecular complexity index is 1760. The molecular weight excluding hydrogens is 460 g/mol. The molecule has 6 aromatic rings. The van der Waals surface area contributed by atoms with Crippen LogP contribution in [0.25, 0.3) is 38.6 Å². The van der Waals surface area contributed by atoms with Crippen molar-refractivity contribution in [2.45, 2.75) is 6.92 Å². The third-order valence-electron chi connectivity index (χ3n) is 7.01. The van der Waals surface area contributed by atoms with Crippen LogP contribution in [0.1, 0.15) is 5.56 Å². The summed E-state index contributed by atoms with van der Waals surface area (Å²) in [6, 6.07) is 43.2. The van der Waals surface area contributed by atoms with Gasteiger partial charge in [0.15, 0.2) is 0 Å². The van der Waals surface area contributed by atoms with Crippen LogP contribution >= 0.6 is 0 Å². The second-order valence-electron chi connectivity index (χ2n) is 9.33. The predicted octanol–water partition coefficient (Wildman–Crippen LogP) is 9.75. The smallest absolute Gasteiger partial charge is 0.0541 e. The van der Waals surface area contributed by atoms with Crippen molar-refractivity contribution >= 4 is 33.2 Å². The summed E-state index contributed by atoms with van der Waals surface area (Å²) < 4.78 is 2.35. The Labute approximate surface area is 223 Å². The van der Waals surface area contributed by atoms with Crippen molar-refractivity contribution in [2.75, 3.05) is 4.90 Å². The van der Waals surface area contributed by atoms with Crippen LogP contribution in [-0.4, -0.2) is 4.57 Å². The van der Waals surface area contributed by atoms with Crippen molar-refractivity contribution in [3.8, 4) is 16.8 Å². The molecule has 0 saturated heterocycles. The Morgan fingerprint density at radius 2 is 1.21 bits per heavy atom. The fraction of sp³-hybridized carbons (Fsp3) is 0.0278. The topological polar surface area (TPSA) is 8.17 Å². The Balaban J connectivity index is 1.34. The number of hydrogen-bond acceptors (Lipinski definition) is 1. The van der Waals surface area contributed by atoms with Crippen molar-refractivity contribution in [1.82, 2.24) is 4.57 Å². The monoisotopic (exact) mass is 488 g/mol. The number of nitrogens with zero attached hydrogens (tertiary/aromatic N) is 2. The molecule has 0 spiro atoms. The molecule has 2 nitrogen and oxygen atoms in total. The minimum atomic E-state index is 1.10. The molecule has 0 amide bonds. The SMILES string of the molecule is C=C=C/C=C\N(c1ccc(-c2ccc(-n3c4ccccc4c4ccccc43)cc2)cc1)c1ccccc1C. The molecule has 0 atom stereocenters. The van der Waals surface area contributed by atoms with Crippen LogP contribution in [0, 0.1) is 6.92 Å². The number of rotatable bonds is 6. The van der Waals surface area contributed by atoms with E-state index in [1.165, 1.54) is 38.5 Å². The molecule has 0 N–H and O–H groups in total. The fourth-order valence-corrected chi connectivity index (χ4v) is 5.15. The van der Waals surface area contributed by atoms with Gasteiger partial charge in [-0.25, -0.2) is 0 Å². The summed E-state index contributed by atoms with van der Waals surface area (Å²) in [6.45, 7) is 5.80. The van der Waals surface area contributed by atoms with Crippen molar-refractivity contribution in [1.29, 1.82) is 0 Å². The van der Waals surface area contributed by atoms with E-state index in [1.807, 2.05) is 12.2 Å². The van der Waals surface area contributed by atoms with Crippen molar-refractivity contribution < 1.29 is 0 Å². The zero-order valence-electron chi connectivity index (χ0n) is 21.4.